The number of alkyl halides is 3. The Morgan fingerprint density at radius 3 is 1.95 bits per heavy atom. The van der Waals surface area contributed by atoms with Crippen molar-refractivity contribution in [3.8, 4) is 6.07 Å². The summed E-state index contributed by atoms with van der Waals surface area (Å²) in [5, 5.41) is 11.8. The van der Waals surface area contributed by atoms with E-state index in [4.69, 9.17) is 5.26 Å². The molecule has 1 atom stereocenters. The molecule has 0 aromatic heterocycles. The number of nitrogens with one attached hydrogen (secondary N) is 1. The van der Waals surface area contributed by atoms with E-state index in [0.717, 1.165) is 19.3 Å². The van der Waals surface area contributed by atoms with Crippen molar-refractivity contribution in [2.45, 2.75) is 50.2 Å². The van der Waals surface area contributed by atoms with Gasteiger partial charge in [-0.25, -0.2) is 0 Å². The third-order valence-corrected chi connectivity index (χ3v) is 5.27. The average Bonchev–Trinajstić information content (AvgIpc) is 2.25. The van der Waals surface area contributed by atoms with Gasteiger partial charge in [0.2, 0.25) is 0 Å². The topological polar surface area (TPSA) is 35.8 Å². The van der Waals surface area contributed by atoms with Gasteiger partial charge >= 0.3 is 6.18 Å². The van der Waals surface area contributed by atoms with E-state index < -0.39 is 12.1 Å². The van der Waals surface area contributed by atoms with Gasteiger partial charge < -0.3 is 5.32 Å². The number of hydrogen-bond acceptors (Lipinski definition) is 2. The zero-order chi connectivity index (χ0) is 13.7. The summed E-state index contributed by atoms with van der Waals surface area (Å²) in [5.41, 5.74) is -0.102. The van der Waals surface area contributed by atoms with Crippen LogP contribution in [0.4, 0.5) is 13.2 Å². The number of nitrogens with zero attached hydrogens (tertiary/aromatic N) is 1. The highest BCUT2D eigenvalue weighted by atomic mass is 19.4. The molecule has 0 aromatic carbocycles. The van der Waals surface area contributed by atoms with Gasteiger partial charge in [-0.3, -0.25) is 0 Å². The van der Waals surface area contributed by atoms with E-state index in [9.17, 15) is 13.2 Å². The Morgan fingerprint density at radius 1 is 1.11 bits per heavy atom. The molecule has 106 valence electrons. The van der Waals surface area contributed by atoms with E-state index >= 15 is 0 Å². The third kappa shape index (κ3) is 2.47. The summed E-state index contributed by atoms with van der Waals surface area (Å²) in [6.45, 7) is -0.244. The van der Waals surface area contributed by atoms with Gasteiger partial charge in [-0.2, -0.15) is 18.4 Å². The first kappa shape index (κ1) is 13.2. The number of hydrogen-bond donors (Lipinski definition) is 1. The lowest BCUT2D eigenvalue weighted by molar-refractivity contribution is -0.160. The first-order valence-corrected chi connectivity index (χ1v) is 7.11. The molecule has 4 aliphatic rings. The van der Waals surface area contributed by atoms with Crippen LogP contribution < -0.4 is 5.32 Å². The smallest absolute Gasteiger partial charge is 0.310 e. The minimum atomic E-state index is -4.41. The van der Waals surface area contributed by atoms with Crippen molar-refractivity contribution in [1.29, 1.82) is 5.26 Å². The van der Waals surface area contributed by atoms with E-state index in [2.05, 4.69) is 5.32 Å². The molecule has 4 aliphatic carbocycles. The summed E-state index contributed by atoms with van der Waals surface area (Å²) < 4.78 is 37.9. The fourth-order valence-electron chi connectivity index (χ4n) is 4.88. The van der Waals surface area contributed by atoms with Gasteiger partial charge in [0.05, 0.1) is 6.07 Å². The summed E-state index contributed by atoms with van der Waals surface area (Å²) in [7, 11) is 0. The molecule has 0 saturated heterocycles. The van der Waals surface area contributed by atoms with E-state index in [1.807, 2.05) is 0 Å². The molecule has 4 saturated carbocycles. The average molecular weight is 272 g/mol. The van der Waals surface area contributed by atoms with Crippen LogP contribution >= 0.6 is 0 Å². The number of rotatable bonds is 3. The van der Waals surface area contributed by atoms with Crippen LogP contribution in [0, 0.1) is 35.0 Å². The van der Waals surface area contributed by atoms with Gasteiger partial charge in [-0.1, -0.05) is 0 Å². The van der Waals surface area contributed by atoms with Crippen LogP contribution in [0.2, 0.25) is 0 Å². The summed E-state index contributed by atoms with van der Waals surface area (Å²) >= 11 is 0. The second-order valence-corrected chi connectivity index (χ2v) is 6.80. The molecular weight excluding hydrogens is 253 g/mol. The van der Waals surface area contributed by atoms with Crippen LogP contribution in [0.25, 0.3) is 0 Å². The van der Waals surface area contributed by atoms with Gasteiger partial charge in [0, 0.05) is 12.1 Å². The Hall–Kier alpha value is -0.760. The molecule has 4 rings (SSSR count). The standard InChI is InChI=1S/C14H19F3N2/c15-14(16,17)12(7-18)8-19-13-4-9-1-10(5-13)3-11(2-9)6-13/h9-12,19H,1-6,8H2. The monoisotopic (exact) mass is 272 g/mol. The molecule has 4 fully saturated rings. The SMILES string of the molecule is N#CC(CNC12CC3CC(CC(C3)C1)C2)C(F)(F)F. The van der Waals surface area contributed by atoms with Crippen LogP contribution in [0.3, 0.4) is 0 Å². The molecule has 2 nitrogen and oxygen atoms in total. The molecule has 0 heterocycles. The van der Waals surface area contributed by atoms with Crippen LogP contribution in [-0.2, 0) is 0 Å². The Morgan fingerprint density at radius 2 is 1.58 bits per heavy atom. The maximum Gasteiger partial charge on any atom is 0.405 e. The van der Waals surface area contributed by atoms with Crippen LogP contribution in [0.1, 0.15) is 38.5 Å². The Balaban J connectivity index is 1.65. The van der Waals surface area contributed by atoms with Crippen molar-refractivity contribution in [2.24, 2.45) is 23.7 Å². The lowest BCUT2D eigenvalue weighted by Gasteiger charge is -2.57. The van der Waals surface area contributed by atoms with Gasteiger partial charge in [0.1, 0.15) is 0 Å². The number of nitriles is 1. The first-order valence-electron chi connectivity index (χ1n) is 7.11. The maximum absolute atomic E-state index is 12.6. The van der Waals surface area contributed by atoms with E-state index in [0.29, 0.717) is 17.8 Å². The van der Waals surface area contributed by atoms with Crippen molar-refractivity contribution in [2.75, 3.05) is 6.54 Å². The fourth-order valence-corrected chi connectivity index (χ4v) is 4.88. The highest BCUT2D eigenvalue weighted by molar-refractivity contribution is 5.07. The number of halogens is 3. The molecule has 1 unspecified atom stereocenters. The van der Waals surface area contributed by atoms with Crippen LogP contribution in [-0.4, -0.2) is 18.3 Å². The Kier molecular flexibility index (Phi) is 3.05. The van der Waals surface area contributed by atoms with Crippen LogP contribution in [0.5, 0.6) is 0 Å². The van der Waals surface area contributed by atoms with E-state index in [1.165, 1.54) is 25.3 Å². The highest BCUT2D eigenvalue weighted by Gasteiger charge is 2.51. The molecule has 0 aromatic rings. The Bertz CT molecular complexity index is 361. The predicted molar refractivity (Wildman–Crippen MR) is 64.1 cm³/mol. The fraction of sp³-hybridized carbons (Fsp3) is 0.929. The second-order valence-electron chi connectivity index (χ2n) is 6.80. The van der Waals surface area contributed by atoms with Crippen molar-refractivity contribution < 1.29 is 13.2 Å². The van der Waals surface area contributed by atoms with Crippen LogP contribution in [0.15, 0.2) is 0 Å². The lowest BCUT2D eigenvalue weighted by Crippen LogP contribution is -2.59. The molecular formula is C14H19F3N2. The second kappa shape index (κ2) is 4.37. The molecule has 5 heteroatoms. The summed E-state index contributed by atoms with van der Waals surface area (Å²) in [6, 6.07) is 1.39. The molecule has 0 amide bonds. The normalized spacial score (nSPS) is 42.1. The van der Waals surface area contributed by atoms with Crippen molar-refractivity contribution in [3.63, 3.8) is 0 Å². The highest BCUT2D eigenvalue weighted by Crippen LogP contribution is 2.55. The van der Waals surface area contributed by atoms with Gasteiger partial charge in [0.15, 0.2) is 5.92 Å². The van der Waals surface area contributed by atoms with E-state index in [-0.39, 0.29) is 12.1 Å². The summed E-state index contributed by atoms with van der Waals surface area (Å²) in [4.78, 5) is 0. The summed E-state index contributed by atoms with van der Waals surface area (Å²) in [5.74, 6) is 0.223. The molecule has 1 N–H and O–H groups in total. The van der Waals surface area contributed by atoms with Gasteiger partial charge in [-0.05, 0) is 56.3 Å². The van der Waals surface area contributed by atoms with E-state index in [1.54, 1.807) is 0 Å². The lowest BCUT2D eigenvalue weighted by atomic mass is 9.53. The summed E-state index contributed by atoms with van der Waals surface area (Å²) in [6.07, 6.45) is 2.41. The molecule has 19 heavy (non-hydrogen) atoms. The van der Waals surface area contributed by atoms with Crippen molar-refractivity contribution in [3.05, 3.63) is 0 Å². The zero-order valence-electron chi connectivity index (χ0n) is 10.8. The van der Waals surface area contributed by atoms with Gasteiger partial charge in [0.25, 0.3) is 0 Å². The Labute approximate surface area is 111 Å². The minimum Gasteiger partial charge on any atom is -0.310 e. The first-order chi connectivity index (χ1) is 8.90. The minimum absolute atomic E-state index is 0.102. The molecule has 4 bridgehead atoms. The zero-order valence-corrected chi connectivity index (χ0v) is 10.8. The third-order valence-electron chi connectivity index (χ3n) is 5.27. The maximum atomic E-state index is 12.6. The van der Waals surface area contributed by atoms with Gasteiger partial charge in [-0.15, -0.1) is 0 Å². The molecule has 0 radical (unpaired) electrons. The quantitative estimate of drug-likeness (QED) is 0.856. The largest absolute Gasteiger partial charge is 0.405 e. The predicted octanol–water partition coefficient (Wildman–Crippen LogP) is 3.25. The molecule has 0 aliphatic heterocycles. The van der Waals surface area contributed by atoms with Crippen molar-refractivity contribution in [1.82, 2.24) is 5.32 Å². The van der Waals surface area contributed by atoms with Crippen molar-refractivity contribution >= 4 is 0 Å². The molecule has 0 spiro atoms.